The lowest BCUT2D eigenvalue weighted by molar-refractivity contribution is -0.138. The second-order valence-electron chi connectivity index (χ2n) is 5.68. The van der Waals surface area contributed by atoms with Gasteiger partial charge in [0.15, 0.2) is 0 Å². The predicted octanol–water partition coefficient (Wildman–Crippen LogP) is 2.11. The lowest BCUT2D eigenvalue weighted by Crippen LogP contribution is -2.38. The molecule has 5 nitrogen and oxygen atoms in total. The number of amides is 1. The smallest absolute Gasteiger partial charge is 0.410 e. The van der Waals surface area contributed by atoms with E-state index in [1.165, 1.54) is 0 Å². The van der Waals surface area contributed by atoms with Gasteiger partial charge < -0.3 is 14.7 Å². The third kappa shape index (κ3) is 4.24. The zero-order valence-corrected chi connectivity index (χ0v) is 10.9. The van der Waals surface area contributed by atoms with Crippen LogP contribution in [0.5, 0.6) is 0 Å². The maximum Gasteiger partial charge on any atom is 0.410 e. The molecule has 1 N–H and O–H groups in total. The molecule has 1 saturated heterocycles. The van der Waals surface area contributed by atoms with Crippen LogP contribution in [-0.4, -0.2) is 40.3 Å². The summed E-state index contributed by atoms with van der Waals surface area (Å²) in [6.45, 7) is 7.86. The molecule has 98 valence electrons. The zero-order chi connectivity index (χ0) is 13.2. The Morgan fingerprint density at radius 2 is 2.00 bits per heavy atom. The number of carbonyl (C=O) groups is 2. The minimum atomic E-state index is -0.812. The van der Waals surface area contributed by atoms with Crippen LogP contribution in [0.15, 0.2) is 0 Å². The van der Waals surface area contributed by atoms with Crippen LogP contribution in [0.4, 0.5) is 4.79 Å². The summed E-state index contributed by atoms with van der Waals surface area (Å²) in [5.41, 5.74) is -0.512. The van der Waals surface area contributed by atoms with Gasteiger partial charge >= 0.3 is 12.1 Å². The Morgan fingerprint density at radius 1 is 1.41 bits per heavy atom. The Hall–Kier alpha value is -1.26. The van der Waals surface area contributed by atoms with Crippen molar-refractivity contribution in [2.75, 3.05) is 6.54 Å². The van der Waals surface area contributed by atoms with E-state index in [-0.39, 0.29) is 24.5 Å². The average Bonchev–Trinajstić information content (AvgIpc) is 2.42. The molecule has 17 heavy (non-hydrogen) atoms. The number of hydrogen-bond donors (Lipinski definition) is 1. The first-order chi connectivity index (χ1) is 7.69. The summed E-state index contributed by atoms with van der Waals surface area (Å²) in [6.07, 6.45) is 0.493. The number of carbonyl (C=O) groups excluding carboxylic acids is 1. The van der Waals surface area contributed by atoms with Gasteiger partial charge in [-0.2, -0.15) is 0 Å². The van der Waals surface area contributed by atoms with Gasteiger partial charge in [-0.3, -0.25) is 4.79 Å². The first-order valence-electron chi connectivity index (χ1n) is 5.90. The molecule has 2 atom stereocenters. The van der Waals surface area contributed by atoms with Gasteiger partial charge in [-0.15, -0.1) is 0 Å². The van der Waals surface area contributed by atoms with Crippen molar-refractivity contribution >= 4 is 12.1 Å². The van der Waals surface area contributed by atoms with Gasteiger partial charge in [0.05, 0.1) is 0 Å². The molecular formula is C12H21NO4. The van der Waals surface area contributed by atoms with E-state index in [9.17, 15) is 9.59 Å². The molecule has 1 amide bonds. The highest BCUT2D eigenvalue weighted by Gasteiger charge is 2.35. The van der Waals surface area contributed by atoms with E-state index in [1.54, 1.807) is 4.90 Å². The van der Waals surface area contributed by atoms with Gasteiger partial charge in [-0.05, 0) is 40.0 Å². The second kappa shape index (κ2) is 4.94. The average molecular weight is 243 g/mol. The summed E-state index contributed by atoms with van der Waals surface area (Å²) in [5.74, 6) is -0.775. The Kier molecular flexibility index (Phi) is 4.01. The SMILES string of the molecule is CC1CC(CC(=O)O)CN1C(=O)OC(C)(C)C. The van der Waals surface area contributed by atoms with Crippen molar-refractivity contribution in [2.24, 2.45) is 5.92 Å². The standard InChI is InChI=1S/C12H21NO4/c1-8-5-9(6-10(14)15)7-13(8)11(16)17-12(2,3)4/h8-9H,5-7H2,1-4H3,(H,14,15). The summed E-state index contributed by atoms with van der Waals surface area (Å²) in [4.78, 5) is 24.1. The molecule has 1 rings (SSSR count). The molecule has 0 aromatic rings. The number of carboxylic acids is 1. The summed E-state index contributed by atoms with van der Waals surface area (Å²) >= 11 is 0. The van der Waals surface area contributed by atoms with E-state index in [0.29, 0.717) is 6.54 Å². The molecule has 5 heteroatoms. The van der Waals surface area contributed by atoms with Crippen molar-refractivity contribution in [3.63, 3.8) is 0 Å². The van der Waals surface area contributed by atoms with Gasteiger partial charge in [0.1, 0.15) is 5.60 Å². The molecule has 1 aliphatic rings. The third-order valence-corrected chi connectivity index (χ3v) is 2.75. The molecule has 2 unspecified atom stereocenters. The van der Waals surface area contributed by atoms with E-state index in [4.69, 9.17) is 9.84 Å². The van der Waals surface area contributed by atoms with Crippen molar-refractivity contribution in [3.05, 3.63) is 0 Å². The Bertz CT molecular complexity index is 308. The number of ether oxygens (including phenoxy) is 1. The minimum absolute atomic E-state index is 0.0371. The van der Waals surface area contributed by atoms with E-state index in [1.807, 2.05) is 27.7 Å². The number of carboxylic acid groups (broad SMARTS) is 1. The predicted molar refractivity (Wildman–Crippen MR) is 62.8 cm³/mol. The first-order valence-corrected chi connectivity index (χ1v) is 5.90. The topological polar surface area (TPSA) is 66.8 Å². The molecule has 1 fully saturated rings. The van der Waals surface area contributed by atoms with Crippen LogP contribution in [-0.2, 0) is 9.53 Å². The summed E-state index contributed by atoms with van der Waals surface area (Å²) in [7, 11) is 0. The minimum Gasteiger partial charge on any atom is -0.481 e. The second-order valence-corrected chi connectivity index (χ2v) is 5.68. The maximum absolute atomic E-state index is 11.9. The number of hydrogen-bond acceptors (Lipinski definition) is 3. The molecule has 0 aromatic carbocycles. The number of nitrogens with zero attached hydrogens (tertiary/aromatic N) is 1. The summed E-state index contributed by atoms with van der Waals surface area (Å²) in [6, 6.07) is 0.0502. The van der Waals surface area contributed by atoms with Crippen molar-refractivity contribution in [1.29, 1.82) is 0 Å². The highest BCUT2D eigenvalue weighted by atomic mass is 16.6. The Balaban J connectivity index is 2.55. The fourth-order valence-electron chi connectivity index (χ4n) is 2.11. The van der Waals surface area contributed by atoms with Crippen LogP contribution in [0.3, 0.4) is 0 Å². The molecule has 0 spiro atoms. The zero-order valence-electron chi connectivity index (χ0n) is 10.9. The number of rotatable bonds is 2. The van der Waals surface area contributed by atoms with Gasteiger partial charge in [0.25, 0.3) is 0 Å². The largest absolute Gasteiger partial charge is 0.481 e. The molecule has 0 saturated carbocycles. The van der Waals surface area contributed by atoms with E-state index < -0.39 is 11.6 Å². The van der Waals surface area contributed by atoms with Gasteiger partial charge in [-0.25, -0.2) is 4.79 Å². The molecule has 0 radical (unpaired) electrons. The van der Waals surface area contributed by atoms with Crippen molar-refractivity contribution < 1.29 is 19.4 Å². The maximum atomic E-state index is 11.9. The molecule has 0 aromatic heterocycles. The first kappa shape index (κ1) is 13.8. The highest BCUT2D eigenvalue weighted by molar-refractivity contribution is 5.70. The fourth-order valence-corrected chi connectivity index (χ4v) is 2.11. The Labute approximate surface area is 102 Å². The van der Waals surface area contributed by atoms with Crippen LogP contribution in [0, 0.1) is 5.92 Å². The van der Waals surface area contributed by atoms with E-state index >= 15 is 0 Å². The summed E-state index contributed by atoms with van der Waals surface area (Å²) in [5, 5.41) is 8.74. The van der Waals surface area contributed by atoms with Crippen LogP contribution < -0.4 is 0 Å². The van der Waals surface area contributed by atoms with Crippen LogP contribution in [0.2, 0.25) is 0 Å². The molecule has 0 aliphatic carbocycles. The molecule has 0 bridgehead atoms. The van der Waals surface area contributed by atoms with E-state index in [0.717, 1.165) is 6.42 Å². The van der Waals surface area contributed by atoms with Crippen LogP contribution >= 0.6 is 0 Å². The Morgan fingerprint density at radius 3 is 2.47 bits per heavy atom. The van der Waals surface area contributed by atoms with Gasteiger partial charge in [-0.1, -0.05) is 0 Å². The van der Waals surface area contributed by atoms with Crippen LogP contribution in [0.1, 0.15) is 40.5 Å². The van der Waals surface area contributed by atoms with Crippen molar-refractivity contribution in [1.82, 2.24) is 4.90 Å². The normalized spacial score (nSPS) is 24.8. The summed E-state index contributed by atoms with van der Waals surface area (Å²) < 4.78 is 5.28. The highest BCUT2D eigenvalue weighted by Crippen LogP contribution is 2.27. The quantitative estimate of drug-likeness (QED) is 0.806. The van der Waals surface area contributed by atoms with E-state index in [2.05, 4.69) is 0 Å². The van der Waals surface area contributed by atoms with Crippen molar-refractivity contribution in [3.8, 4) is 0 Å². The lowest BCUT2D eigenvalue weighted by atomic mass is 10.0. The number of likely N-dealkylation sites (tertiary alicyclic amines) is 1. The monoisotopic (exact) mass is 243 g/mol. The molecule has 1 heterocycles. The molecular weight excluding hydrogens is 222 g/mol. The fraction of sp³-hybridized carbons (Fsp3) is 0.833. The third-order valence-electron chi connectivity index (χ3n) is 2.75. The van der Waals surface area contributed by atoms with Gasteiger partial charge in [0.2, 0.25) is 0 Å². The lowest BCUT2D eigenvalue weighted by Gasteiger charge is -2.27. The van der Waals surface area contributed by atoms with Crippen LogP contribution in [0.25, 0.3) is 0 Å². The molecule has 1 aliphatic heterocycles. The van der Waals surface area contributed by atoms with Crippen molar-refractivity contribution in [2.45, 2.75) is 52.2 Å². The number of aliphatic carboxylic acids is 1. The van der Waals surface area contributed by atoms with Gasteiger partial charge in [0, 0.05) is 19.0 Å².